The van der Waals surface area contributed by atoms with E-state index < -0.39 is 0 Å². The van der Waals surface area contributed by atoms with Crippen LogP contribution in [0.2, 0.25) is 0 Å². The van der Waals surface area contributed by atoms with Gasteiger partial charge in [0, 0.05) is 55.7 Å². The molecule has 2 aromatic carbocycles. The lowest BCUT2D eigenvalue weighted by Gasteiger charge is -2.34. The molecule has 6 nitrogen and oxygen atoms in total. The minimum absolute atomic E-state index is 0.0377. The average molecular weight is 420 g/mol. The summed E-state index contributed by atoms with van der Waals surface area (Å²) >= 11 is 1.51. The van der Waals surface area contributed by atoms with Crippen LogP contribution in [0.3, 0.4) is 0 Å². The van der Waals surface area contributed by atoms with E-state index in [9.17, 15) is 4.79 Å². The quantitative estimate of drug-likeness (QED) is 0.625. The van der Waals surface area contributed by atoms with E-state index in [0.717, 1.165) is 48.9 Å². The first-order chi connectivity index (χ1) is 14.7. The Bertz CT molecular complexity index is 975. The summed E-state index contributed by atoms with van der Waals surface area (Å²) in [4.78, 5) is 26.5. The number of carbonyl (C=O) groups is 1. The fourth-order valence-corrected chi connectivity index (χ4v) is 4.24. The van der Waals surface area contributed by atoms with Gasteiger partial charge in [-0.15, -0.1) is 0 Å². The molecule has 0 radical (unpaired) electrons. The van der Waals surface area contributed by atoms with Crippen LogP contribution in [0.1, 0.15) is 11.1 Å². The molecule has 1 aliphatic rings. The van der Waals surface area contributed by atoms with Crippen molar-refractivity contribution in [3.05, 3.63) is 78.1 Å². The summed E-state index contributed by atoms with van der Waals surface area (Å²) in [6, 6.07) is 18.2. The van der Waals surface area contributed by atoms with Crippen LogP contribution in [0.4, 0.5) is 10.5 Å². The number of hydrogen-bond donors (Lipinski definition) is 1. The third-order valence-electron chi connectivity index (χ3n) is 5.10. The van der Waals surface area contributed by atoms with Crippen molar-refractivity contribution in [2.24, 2.45) is 0 Å². The predicted molar refractivity (Wildman–Crippen MR) is 120 cm³/mol. The summed E-state index contributed by atoms with van der Waals surface area (Å²) in [5, 5.41) is 3.77. The third-order valence-corrected chi connectivity index (χ3v) is 5.98. The van der Waals surface area contributed by atoms with Crippen molar-refractivity contribution in [2.75, 3.05) is 31.5 Å². The molecular weight excluding hydrogens is 394 g/mol. The van der Waals surface area contributed by atoms with Gasteiger partial charge in [0.15, 0.2) is 5.16 Å². The Morgan fingerprint density at radius 3 is 2.43 bits per heavy atom. The first-order valence-corrected chi connectivity index (χ1v) is 10.9. The van der Waals surface area contributed by atoms with Crippen molar-refractivity contribution in [2.45, 2.75) is 23.5 Å². The van der Waals surface area contributed by atoms with E-state index in [1.807, 2.05) is 30.0 Å². The highest BCUT2D eigenvalue weighted by molar-refractivity contribution is 7.99. The lowest BCUT2D eigenvalue weighted by atomic mass is 10.2. The first-order valence-electron chi connectivity index (χ1n) is 10.0. The van der Waals surface area contributed by atoms with Gasteiger partial charge in [-0.25, -0.2) is 14.8 Å². The number of carbonyl (C=O) groups excluding carboxylic acids is 1. The molecule has 1 saturated heterocycles. The van der Waals surface area contributed by atoms with Crippen LogP contribution >= 0.6 is 11.8 Å². The normalized spacial score (nSPS) is 14.5. The number of piperazine rings is 1. The lowest BCUT2D eigenvalue weighted by Crippen LogP contribution is -2.49. The summed E-state index contributed by atoms with van der Waals surface area (Å²) < 4.78 is 0. The summed E-state index contributed by atoms with van der Waals surface area (Å²) in [5.74, 6) is 0. The summed E-state index contributed by atoms with van der Waals surface area (Å²) in [6.45, 7) is 6.17. The standard InChI is InChI=1S/C23H25N5OS/c1-18-16-20(30-22-24-10-5-11-25-22)8-9-21(18)26-23(29)28-14-12-27(13-15-28)17-19-6-3-2-4-7-19/h2-11,16H,12-15,17H2,1H3,(H,26,29). The Hall–Kier alpha value is -2.90. The number of aromatic nitrogens is 2. The van der Waals surface area contributed by atoms with E-state index in [2.05, 4.69) is 50.5 Å². The molecule has 0 unspecified atom stereocenters. The molecule has 4 rings (SSSR count). The second kappa shape index (κ2) is 9.73. The largest absolute Gasteiger partial charge is 0.322 e. The van der Waals surface area contributed by atoms with Crippen molar-refractivity contribution in [1.82, 2.24) is 19.8 Å². The van der Waals surface area contributed by atoms with Crippen molar-refractivity contribution in [3.8, 4) is 0 Å². The highest BCUT2D eigenvalue weighted by Crippen LogP contribution is 2.28. The van der Waals surface area contributed by atoms with E-state index in [1.165, 1.54) is 17.3 Å². The molecule has 1 aromatic heterocycles. The Kier molecular flexibility index (Phi) is 6.61. The Morgan fingerprint density at radius 1 is 1.00 bits per heavy atom. The molecule has 2 heterocycles. The maximum absolute atomic E-state index is 12.7. The monoisotopic (exact) mass is 419 g/mol. The molecule has 1 N–H and O–H groups in total. The van der Waals surface area contributed by atoms with Gasteiger partial charge in [0.1, 0.15) is 0 Å². The van der Waals surface area contributed by atoms with Crippen molar-refractivity contribution >= 4 is 23.5 Å². The summed E-state index contributed by atoms with van der Waals surface area (Å²) in [6.07, 6.45) is 3.47. The first kappa shape index (κ1) is 20.4. The molecule has 154 valence electrons. The van der Waals surface area contributed by atoms with E-state index in [1.54, 1.807) is 18.5 Å². The molecule has 0 bridgehead atoms. The molecule has 30 heavy (non-hydrogen) atoms. The molecule has 3 aromatic rings. The van der Waals surface area contributed by atoms with Gasteiger partial charge in [-0.2, -0.15) is 0 Å². The number of hydrogen-bond acceptors (Lipinski definition) is 5. The molecule has 1 aliphatic heterocycles. The van der Waals surface area contributed by atoms with Gasteiger partial charge in [-0.05, 0) is 54.1 Å². The molecule has 2 amide bonds. The van der Waals surface area contributed by atoms with Gasteiger partial charge in [0.2, 0.25) is 0 Å². The van der Waals surface area contributed by atoms with Crippen LogP contribution < -0.4 is 5.32 Å². The highest BCUT2D eigenvalue weighted by Gasteiger charge is 2.21. The highest BCUT2D eigenvalue weighted by atomic mass is 32.2. The van der Waals surface area contributed by atoms with Gasteiger partial charge in [0.25, 0.3) is 0 Å². The smallest absolute Gasteiger partial charge is 0.321 e. The minimum atomic E-state index is -0.0377. The van der Waals surface area contributed by atoms with Gasteiger partial charge >= 0.3 is 6.03 Å². The van der Waals surface area contributed by atoms with Gasteiger partial charge in [-0.1, -0.05) is 30.3 Å². The van der Waals surface area contributed by atoms with E-state index >= 15 is 0 Å². The van der Waals surface area contributed by atoms with Gasteiger partial charge < -0.3 is 10.2 Å². The second-order valence-corrected chi connectivity index (χ2v) is 8.33. The lowest BCUT2D eigenvalue weighted by molar-refractivity contribution is 0.143. The van der Waals surface area contributed by atoms with Gasteiger partial charge in [-0.3, -0.25) is 4.90 Å². The number of urea groups is 1. The summed E-state index contributed by atoms with van der Waals surface area (Å²) in [5.41, 5.74) is 3.17. The Balaban J connectivity index is 1.30. The van der Waals surface area contributed by atoms with Crippen LogP contribution in [0.5, 0.6) is 0 Å². The van der Waals surface area contributed by atoms with E-state index in [-0.39, 0.29) is 6.03 Å². The van der Waals surface area contributed by atoms with Crippen LogP contribution in [0.15, 0.2) is 77.0 Å². The Morgan fingerprint density at radius 2 is 1.73 bits per heavy atom. The van der Waals surface area contributed by atoms with Gasteiger partial charge in [0.05, 0.1) is 0 Å². The zero-order chi connectivity index (χ0) is 20.8. The molecule has 7 heteroatoms. The molecule has 0 spiro atoms. The van der Waals surface area contributed by atoms with Crippen LogP contribution in [-0.4, -0.2) is 52.0 Å². The van der Waals surface area contributed by atoms with Crippen molar-refractivity contribution in [3.63, 3.8) is 0 Å². The zero-order valence-corrected chi connectivity index (χ0v) is 17.8. The van der Waals surface area contributed by atoms with Crippen LogP contribution in [0.25, 0.3) is 0 Å². The van der Waals surface area contributed by atoms with E-state index in [0.29, 0.717) is 5.16 Å². The molecule has 0 atom stereocenters. The Labute approximate surface area is 181 Å². The fourth-order valence-electron chi connectivity index (χ4n) is 3.43. The third kappa shape index (κ3) is 5.37. The predicted octanol–water partition coefficient (Wildman–Crippen LogP) is 4.29. The van der Waals surface area contributed by atoms with E-state index in [4.69, 9.17) is 0 Å². The fraction of sp³-hybridized carbons (Fsp3) is 0.261. The second-order valence-electron chi connectivity index (χ2n) is 7.29. The zero-order valence-electron chi connectivity index (χ0n) is 17.0. The number of benzene rings is 2. The molecular formula is C23H25N5OS. The SMILES string of the molecule is Cc1cc(Sc2ncccn2)ccc1NC(=O)N1CCN(Cc2ccccc2)CC1. The molecule has 1 fully saturated rings. The topological polar surface area (TPSA) is 61.4 Å². The number of anilines is 1. The van der Waals surface area contributed by atoms with Crippen molar-refractivity contribution in [1.29, 1.82) is 0 Å². The maximum Gasteiger partial charge on any atom is 0.321 e. The number of aryl methyl sites for hydroxylation is 1. The van der Waals surface area contributed by atoms with Crippen LogP contribution in [0, 0.1) is 6.92 Å². The molecule has 0 saturated carbocycles. The summed E-state index contributed by atoms with van der Waals surface area (Å²) in [7, 11) is 0. The number of nitrogens with zero attached hydrogens (tertiary/aromatic N) is 4. The number of amides is 2. The van der Waals surface area contributed by atoms with Crippen LogP contribution in [-0.2, 0) is 6.54 Å². The average Bonchev–Trinajstić information content (AvgIpc) is 2.77. The maximum atomic E-state index is 12.7. The number of nitrogens with one attached hydrogen (secondary N) is 1. The number of rotatable bonds is 5. The van der Waals surface area contributed by atoms with Crippen molar-refractivity contribution < 1.29 is 4.79 Å². The minimum Gasteiger partial charge on any atom is -0.322 e. The molecule has 0 aliphatic carbocycles.